The third-order valence-corrected chi connectivity index (χ3v) is 3.99. The van der Waals surface area contributed by atoms with Crippen molar-refractivity contribution in [2.45, 2.75) is 70.8 Å². The predicted octanol–water partition coefficient (Wildman–Crippen LogP) is 3.75. The first kappa shape index (κ1) is 15.0. The second kappa shape index (κ2) is 9.90. The SMILES string of the molecule is CCCNC(CCCOC)C1CCCCCC1. The fraction of sp³-hybridized carbons (Fsp3) is 1.00. The van der Waals surface area contributed by atoms with Gasteiger partial charge in [0.2, 0.25) is 0 Å². The van der Waals surface area contributed by atoms with Gasteiger partial charge in [-0.05, 0) is 44.6 Å². The van der Waals surface area contributed by atoms with Crippen molar-refractivity contribution < 1.29 is 4.74 Å². The number of methoxy groups -OCH3 is 1. The van der Waals surface area contributed by atoms with Crippen LogP contribution in [0.3, 0.4) is 0 Å². The molecular formula is C15H31NO. The van der Waals surface area contributed by atoms with Gasteiger partial charge in [0.25, 0.3) is 0 Å². The van der Waals surface area contributed by atoms with E-state index < -0.39 is 0 Å². The van der Waals surface area contributed by atoms with E-state index in [1.54, 1.807) is 7.11 Å². The van der Waals surface area contributed by atoms with Crippen LogP contribution in [0.5, 0.6) is 0 Å². The highest BCUT2D eigenvalue weighted by molar-refractivity contribution is 4.78. The molecule has 2 heteroatoms. The van der Waals surface area contributed by atoms with Gasteiger partial charge >= 0.3 is 0 Å². The average molecular weight is 241 g/mol. The number of rotatable bonds is 8. The lowest BCUT2D eigenvalue weighted by atomic mass is 9.89. The molecule has 0 heterocycles. The minimum atomic E-state index is 0.739. The molecule has 0 spiro atoms. The Hall–Kier alpha value is -0.0800. The van der Waals surface area contributed by atoms with Crippen LogP contribution in [0.25, 0.3) is 0 Å². The Morgan fingerprint density at radius 1 is 1.18 bits per heavy atom. The molecule has 1 aliphatic carbocycles. The second-order valence-electron chi connectivity index (χ2n) is 5.45. The van der Waals surface area contributed by atoms with Crippen molar-refractivity contribution in [2.24, 2.45) is 5.92 Å². The van der Waals surface area contributed by atoms with Gasteiger partial charge in [0.05, 0.1) is 0 Å². The summed E-state index contributed by atoms with van der Waals surface area (Å²) in [7, 11) is 1.81. The zero-order valence-electron chi connectivity index (χ0n) is 11.8. The zero-order chi connectivity index (χ0) is 12.3. The van der Waals surface area contributed by atoms with Crippen molar-refractivity contribution >= 4 is 0 Å². The summed E-state index contributed by atoms with van der Waals surface area (Å²) < 4.78 is 5.18. The summed E-state index contributed by atoms with van der Waals surface area (Å²) in [4.78, 5) is 0. The number of hydrogen-bond donors (Lipinski definition) is 1. The summed E-state index contributed by atoms with van der Waals surface area (Å²) in [6.07, 6.45) is 12.4. The van der Waals surface area contributed by atoms with Crippen LogP contribution in [-0.2, 0) is 4.74 Å². The van der Waals surface area contributed by atoms with E-state index in [2.05, 4.69) is 12.2 Å². The van der Waals surface area contributed by atoms with Gasteiger partial charge in [-0.1, -0.05) is 32.6 Å². The molecule has 0 aromatic rings. The summed E-state index contributed by atoms with van der Waals surface area (Å²) >= 11 is 0. The molecule has 1 atom stereocenters. The zero-order valence-corrected chi connectivity index (χ0v) is 11.8. The van der Waals surface area contributed by atoms with Crippen molar-refractivity contribution in [3.05, 3.63) is 0 Å². The van der Waals surface area contributed by atoms with E-state index in [1.165, 1.54) is 64.3 Å². The molecule has 0 aromatic heterocycles. The minimum absolute atomic E-state index is 0.739. The number of hydrogen-bond acceptors (Lipinski definition) is 2. The summed E-state index contributed by atoms with van der Waals surface area (Å²) in [6, 6.07) is 0.739. The van der Waals surface area contributed by atoms with Gasteiger partial charge in [-0.25, -0.2) is 0 Å². The van der Waals surface area contributed by atoms with E-state index in [-0.39, 0.29) is 0 Å². The van der Waals surface area contributed by atoms with Crippen LogP contribution >= 0.6 is 0 Å². The molecule has 1 unspecified atom stereocenters. The van der Waals surface area contributed by atoms with Crippen molar-refractivity contribution in [1.82, 2.24) is 5.32 Å². The maximum atomic E-state index is 5.18. The molecule has 0 amide bonds. The van der Waals surface area contributed by atoms with Crippen molar-refractivity contribution in [3.63, 3.8) is 0 Å². The van der Waals surface area contributed by atoms with Crippen LogP contribution in [-0.4, -0.2) is 26.3 Å². The molecule has 0 saturated heterocycles. The first-order valence-corrected chi connectivity index (χ1v) is 7.60. The quantitative estimate of drug-likeness (QED) is 0.516. The monoisotopic (exact) mass is 241 g/mol. The van der Waals surface area contributed by atoms with Crippen molar-refractivity contribution in [2.75, 3.05) is 20.3 Å². The normalized spacial score (nSPS) is 20.1. The lowest BCUT2D eigenvalue weighted by Gasteiger charge is -2.27. The van der Waals surface area contributed by atoms with E-state index in [0.717, 1.165) is 18.6 Å². The first-order valence-electron chi connectivity index (χ1n) is 7.60. The van der Waals surface area contributed by atoms with Crippen LogP contribution < -0.4 is 5.32 Å². The third kappa shape index (κ3) is 6.42. The molecule has 0 aliphatic heterocycles. The summed E-state index contributed by atoms with van der Waals surface area (Å²) in [5, 5.41) is 3.77. The molecule has 102 valence electrons. The van der Waals surface area contributed by atoms with Crippen LogP contribution in [0.1, 0.15) is 64.7 Å². The Kier molecular flexibility index (Phi) is 8.72. The molecule has 1 N–H and O–H groups in total. The highest BCUT2D eigenvalue weighted by Crippen LogP contribution is 2.27. The van der Waals surface area contributed by atoms with Gasteiger partial charge in [0.1, 0.15) is 0 Å². The Morgan fingerprint density at radius 2 is 1.88 bits per heavy atom. The maximum Gasteiger partial charge on any atom is 0.0462 e. The van der Waals surface area contributed by atoms with Crippen molar-refractivity contribution in [3.8, 4) is 0 Å². The molecule has 0 bridgehead atoms. The van der Waals surface area contributed by atoms with Gasteiger partial charge in [-0.15, -0.1) is 0 Å². The van der Waals surface area contributed by atoms with Crippen molar-refractivity contribution in [1.29, 1.82) is 0 Å². The van der Waals surface area contributed by atoms with E-state index in [0.29, 0.717) is 0 Å². The molecular weight excluding hydrogens is 210 g/mol. The highest BCUT2D eigenvalue weighted by Gasteiger charge is 2.21. The van der Waals surface area contributed by atoms with Crippen LogP contribution in [0, 0.1) is 5.92 Å². The molecule has 2 nitrogen and oxygen atoms in total. The van der Waals surface area contributed by atoms with Gasteiger partial charge < -0.3 is 10.1 Å². The summed E-state index contributed by atoms with van der Waals surface area (Å²) in [5.41, 5.74) is 0. The predicted molar refractivity (Wildman–Crippen MR) is 74.4 cm³/mol. The molecule has 1 saturated carbocycles. The largest absolute Gasteiger partial charge is 0.385 e. The smallest absolute Gasteiger partial charge is 0.0462 e. The molecule has 1 aliphatic rings. The average Bonchev–Trinajstić information content (AvgIpc) is 2.62. The Bertz CT molecular complexity index is 164. The van der Waals surface area contributed by atoms with E-state index in [4.69, 9.17) is 4.74 Å². The fourth-order valence-electron chi connectivity index (χ4n) is 3.00. The molecule has 1 fully saturated rings. The molecule has 0 radical (unpaired) electrons. The molecule has 17 heavy (non-hydrogen) atoms. The topological polar surface area (TPSA) is 21.3 Å². The Balaban J connectivity index is 2.35. The first-order chi connectivity index (χ1) is 8.38. The lowest BCUT2D eigenvalue weighted by Crippen LogP contribution is -2.36. The standard InChI is InChI=1S/C15H31NO/c1-3-12-16-15(11-8-13-17-2)14-9-6-4-5-7-10-14/h14-16H,3-13H2,1-2H3. The third-order valence-electron chi connectivity index (χ3n) is 3.99. The van der Waals surface area contributed by atoms with Gasteiger partial charge in [0, 0.05) is 19.8 Å². The van der Waals surface area contributed by atoms with E-state index >= 15 is 0 Å². The van der Waals surface area contributed by atoms with Crippen LogP contribution in [0.4, 0.5) is 0 Å². The van der Waals surface area contributed by atoms with E-state index in [1.807, 2.05) is 0 Å². The fourth-order valence-corrected chi connectivity index (χ4v) is 3.00. The van der Waals surface area contributed by atoms with Gasteiger partial charge in [-0.3, -0.25) is 0 Å². The molecule has 1 rings (SSSR count). The maximum absolute atomic E-state index is 5.18. The number of nitrogens with one attached hydrogen (secondary N) is 1. The highest BCUT2D eigenvalue weighted by atomic mass is 16.5. The summed E-state index contributed by atoms with van der Waals surface area (Å²) in [6.45, 7) is 4.34. The summed E-state index contributed by atoms with van der Waals surface area (Å²) in [5.74, 6) is 0.918. The minimum Gasteiger partial charge on any atom is -0.385 e. The molecule has 0 aromatic carbocycles. The number of ether oxygens (including phenoxy) is 1. The Morgan fingerprint density at radius 3 is 2.47 bits per heavy atom. The van der Waals surface area contributed by atoms with Gasteiger partial charge in [-0.2, -0.15) is 0 Å². The van der Waals surface area contributed by atoms with Crippen LogP contribution in [0.15, 0.2) is 0 Å². The second-order valence-corrected chi connectivity index (χ2v) is 5.45. The van der Waals surface area contributed by atoms with Gasteiger partial charge in [0.15, 0.2) is 0 Å². The Labute approximate surface area is 108 Å². The van der Waals surface area contributed by atoms with Crippen LogP contribution in [0.2, 0.25) is 0 Å². The van der Waals surface area contributed by atoms with E-state index in [9.17, 15) is 0 Å². The lowest BCUT2D eigenvalue weighted by molar-refractivity contribution is 0.181.